The third-order valence-corrected chi connectivity index (χ3v) is 3.87. The zero-order valence-corrected chi connectivity index (χ0v) is 12.0. The summed E-state index contributed by atoms with van der Waals surface area (Å²) in [6.07, 6.45) is 3.29. The van der Waals surface area contributed by atoms with E-state index in [0.717, 1.165) is 12.2 Å². The topological polar surface area (TPSA) is 42.7 Å². The van der Waals surface area contributed by atoms with Gasteiger partial charge in [-0.05, 0) is 47.0 Å². The van der Waals surface area contributed by atoms with Gasteiger partial charge in [-0.3, -0.25) is 0 Å². The molecule has 5 heteroatoms. The van der Waals surface area contributed by atoms with Crippen LogP contribution in [-0.4, -0.2) is 14.8 Å². The minimum absolute atomic E-state index is 0.308. The first kappa shape index (κ1) is 12.9. The molecule has 102 valence electrons. The summed E-state index contributed by atoms with van der Waals surface area (Å²) in [5, 5.41) is 11.9. The Morgan fingerprint density at radius 2 is 2.30 bits per heavy atom. The molecule has 0 fully saturated rings. The Morgan fingerprint density at radius 3 is 3.05 bits per heavy atom. The van der Waals surface area contributed by atoms with Crippen LogP contribution in [-0.2, 0) is 6.54 Å². The van der Waals surface area contributed by atoms with Crippen LogP contribution in [0.2, 0.25) is 0 Å². The summed E-state index contributed by atoms with van der Waals surface area (Å²) in [5.41, 5.74) is 3.65. The minimum Gasteiger partial charge on any atom is -0.378 e. The summed E-state index contributed by atoms with van der Waals surface area (Å²) in [6.45, 7) is 2.91. The number of benzene rings is 1. The molecule has 0 aliphatic heterocycles. The summed E-state index contributed by atoms with van der Waals surface area (Å²) in [4.78, 5) is 3.96. The molecule has 2 heterocycles. The van der Waals surface area contributed by atoms with Gasteiger partial charge in [0.05, 0.1) is 6.54 Å². The standard InChI is InChI=1S/C15H16N4S/c1-12(14-5-6-20-9-14)18-15-4-2-3-13(7-15)8-19-11-16-10-17-19/h2-7,9-12,18H,8H2,1H3. The molecule has 0 saturated carbocycles. The molecule has 3 rings (SSSR count). The lowest BCUT2D eigenvalue weighted by atomic mass is 10.1. The van der Waals surface area contributed by atoms with Gasteiger partial charge in [-0.1, -0.05) is 12.1 Å². The van der Waals surface area contributed by atoms with Gasteiger partial charge in [0.25, 0.3) is 0 Å². The average Bonchev–Trinajstić information content (AvgIpc) is 3.12. The van der Waals surface area contributed by atoms with Crippen LogP contribution in [0, 0.1) is 0 Å². The minimum atomic E-state index is 0.308. The van der Waals surface area contributed by atoms with Crippen molar-refractivity contribution in [3.05, 3.63) is 64.9 Å². The zero-order valence-electron chi connectivity index (χ0n) is 11.2. The van der Waals surface area contributed by atoms with Gasteiger partial charge in [0, 0.05) is 11.7 Å². The molecular weight excluding hydrogens is 268 g/mol. The zero-order chi connectivity index (χ0) is 13.8. The van der Waals surface area contributed by atoms with E-state index in [-0.39, 0.29) is 0 Å². The smallest absolute Gasteiger partial charge is 0.137 e. The SMILES string of the molecule is CC(Nc1cccc(Cn2cncn2)c1)c1ccsc1. The van der Waals surface area contributed by atoms with Crippen molar-refractivity contribution in [1.82, 2.24) is 14.8 Å². The fourth-order valence-corrected chi connectivity index (χ4v) is 2.87. The van der Waals surface area contributed by atoms with Crippen LogP contribution in [0.25, 0.3) is 0 Å². The van der Waals surface area contributed by atoms with E-state index in [1.165, 1.54) is 11.1 Å². The second-order valence-electron chi connectivity index (χ2n) is 4.72. The highest BCUT2D eigenvalue weighted by Crippen LogP contribution is 2.21. The fraction of sp³-hybridized carbons (Fsp3) is 0.200. The van der Waals surface area contributed by atoms with Gasteiger partial charge < -0.3 is 5.32 Å². The molecule has 4 nitrogen and oxygen atoms in total. The maximum absolute atomic E-state index is 4.13. The van der Waals surface area contributed by atoms with Crippen molar-refractivity contribution in [3.63, 3.8) is 0 Å². The summed E-state index contributed by atoms with van der Waals surface area (Å²) < 4.78 is 1.82. The quantitative estimate of drug-likeness (QED) is 0.779. The monoisotopic (exact) mass is 284 g/mol. The molecule has 1 N–H and O–H groups in total. The van der Waals surface area contributed by atoms with Crippen LogP contribution in [0.5, 0.6) is 0 Å². The van der Waals surface area contributed by atoms with E-state index in [4.69, 9.17) is 0 Å². The first-order chi connectivity index (χ1) is 9.81. The number of thiophene rings is 1. The Kier molecular flexibility index (Phi) is 3.78. The van der Waals surface area contributed by atoms with Crippen LogP contribution >= 0.6 is 11.3 Å². The number of aromatic nitrogens is 3. The van der Waals surface area contributed by atoms with Crippen molar-refractivity contribution in [2.24, 2.45) is 0 Å². The van der Waals surface area contributed by atoms with Gasteiger partial charge in [0.1, 0.15) is 12.7 Å². The largest absolute Gasteiger partial charge is 0.378 e. The maximum Gasteiger partial charge on any atom is 0.137 e. The number of nitrogens with one attached hydrogen (secondary N) is 1. The highest BCUT2D eigenvalue weighted by molar-refractivity contribution is 7.07. The highest BCUT2D eigenvalue weighted by Gasteiger charge is 2.06. The van der Waals surface area contributed by atoms with E-state index < -0.39 is 0 Å². The molecule has 0 bridgehead atoms. The molecule has 0 radical (unpaired) electrons. The molecule has 0 aliphatic rings. The van der Waals surface area contributed by atoms with Gasteiger partial charge in [0.15, 0.2) is 0 Å². The fourth-order valence-electron chi connectivity index (χ4n) is 2.12. The number of hydrogen-bond acceptors (Lipinski definition) is 4. The highest BCUT2D eigenvalue weighted by atomic mass is 32.1. The van der Waals surface area contributed by atoms with Crippen molar-refractivity contribution >= 4 is 17.0 Å². The van der Waals surface area contributed by atoms with Gasteiger partial charge in [-0.2, -0.15) is 16.4 Å². The van der Waals surface area contributed by atoms with Gasteiger partial charge >= 0.3 is 0 Å². The lowest BCUT2D eigenvalue weighted by Crippen LogP contribution is -2.06. The lowest BCUT2D eigenvalue weighted by molar-refractivity contribution is 0.685. The number of hydrogen-bond donors (Lipinski definition) is 1. The molecule has 20 heavy (non-hydrogen) atoms. The lowest BCUT2D eigenvalue weighted by Gasteiger charge is -2.15. The van der Waals surface area contributed by atoms with Crippen molar-refractivity contribution < 1.29 is 0 Å². The van der Waals surface area contributed by atoms with Crippen molar-refractivity contribution in [3.8, 4) is 0 Å². The molecule has 0 spiro atoms. The van der Waals surface area contributed by atoms with E-state index >= 15 is 0 Å². The number of anilines is 1. The third-order valence-electron chi connectivity index (χ3n) is 3.16. The van der Waals surface area contributed by atoms with Crippen molar-refractivity contribution in [2.45, 2.75) is 19.5 Å². The van der Waals surface area contributed by atoms with Crippen LogP contribution in [0.3, 0.4) is 0 Å². The van der Waals surface area contributed by atoms with E-state index in [0.29, 0.717) is 6.04 Å². The van der Waals surface area contributed by atoms with Crippen LogP contribution < -0.4 is 5.32 Å². The first-order valence-corrected chi connectivity index (χ1v) is 7.45. The molecule has 0 amide bonds. The van der Waals surface area contributed by atoms with E-state index in [9.17, 15) is 0 Å². The number of nitrogens with zero attached hydrogens (tertiary/aromatic N) is 3. The maximum atomic E-state index is 4.13. The van der Waals surface area contributed by atoms with Crippen LogP contribution in [0.15, 0.2) is 53.7 Å². The Bertz CT molecular complexity index is 646. The van der Waals surface area contributed by atoms with Gasteiger partial charge in [-0.25, -0.2) is 9.67 Å². The molecule has 2 aromatic heterocycles. The molecule has 1 atom stereocenters. The second kappa shape index (κ2) is 5.88. The molecular formula is C15H16N4S. The molecule has 0 saturated heterocycles. The Hall–Kier alpha value is -2.14. The Balaban J connectivity index is 1.71. The summed E-state index contributed by atoms with van der Waals surface area (Å²) >= 11 is 1.73. The van der Waals surface area contributed by atoms with Crippen molar-refractivity contribution in [2.75, 3.05) is 5.32 Å². The third kappa shape index (κ3) is 3.05. The first-order valence-electron chi connectivity index (χ1n) is 6.51. The molecule has 1 unspecified atom stereocenters. The Labute approximate surface area is 122 Å². The Morgan fingerprint density at radius 1 is 1.35 bits per heavy atom. The van der Waals surface area contributed by atoms with Crippen LogP contribution in [0.4, 0.5) is 5.69 Å². The van der Waals surface area contributed by atoms with E-state index in [2.05, 4.69) is 63.4 Å². The average molecular weight is 284 g/mol. The van der Waals surface area contributed by atoms with E-state index in [1.54, 1.807) is 24.0 Å². The molecule has 3 aromatic rings. The predicted octanol–water partition coefficient (Wildman–Crippen LogP) is 3.56. The summed E-state index contributed by atoms with van der Waals surface area (Å²) in [7, 11) is 0. The van der Waals surface area contributed by atoms with Gasteiger partial charge in [-0.15, -0.1) is 0 Å². The van der Waals surface area contributed by atoms with Crippen LogP contribution in [0.1, 0.15) is 24.1 Å². The summed E-state index contributed by atoms with van der Waals surface area (Å²) in [6, 6.07) is 10.9. The molecule has 1 aromatic carbocycles. The summed E-state index contributed by atoms with van der Waals surface area (Å²) in [5.74, 6) is 0. The van der Waals surface area contributed by atoms with Gasteiger partial charge in [0.2, 0.25) is 0 Å². The van der Waals surface area contributed by atoms with E-state index in [1.807, 2.05) is 4.68 Å². The number of rotatable bonds is 5. The normalized spacial score (nSPS) is 12.2. The molecule has 0 aliphatic carbocycles. The second-order valence-corrected chi connectivity index (χ2v) is 5.50. The predicted molar refractivity (Wildman–Crippen MR) is 81.9 cm³/mol. The van der Waals surface area contributed by atoms with Crippen molar-refractivity contribution in [1.29, 1.82) is 0 Å².